The largest absolute Gasteiger partial charge is 0.473 e. The van der Waals surface area contributed by atoms with E-state index in [1.807, 2.05) is 44.2 Å². The molecule has 2 rings (SSSR count). The Morgan fingerprint density at radius 2 is 2.00 bits per heavy atom. The SMILES string of the molecule is CCOC(=O)c1[nH]c(-c2ccccc2)nc1OC(C)C. The molecule has 0 amide bonds. The van der Waals surface area contributed by atoms with E-state index in [0.717, 1.165) is 5.56 Å². The van der Waals surface area contributed by atoms with Gasteiger partial charge in [0.2, 0.25) is 5.88 Å². The number of benzene rings is 1. The number of nitrogens with zero attached hydrogens (tertiary/aromatic N) is 1. The molecule has 2 aromatic rings. The molecule has 5 heteroatoms. The summed E-state index contributed by atoms with van der Waals surface area (Å²) in [6.45, 7) is 5.83. The number of hydrogen-bond acceptors (Lipinski definition) is 4. The number of hydrogen-bond donors (Lipinski definition) is 1. The highest BCUT2D eigenvalue weighted by Crippen LogP contribution is 2.24. The number of imidazole rings is 1. The fraction of sp³-hybridized carbons (Fsp3) is 0.333. The average molecular weight is 274 g/mol. The average Bonchev–Trinajstić information content (AvgIpc) is 2.83. The zero-order chi connectivity index (χ0) is 14.5. The van der Waals surface area contributed by atoms with E-state index in [-0.39, 0.29) is 17.7 Å². The summed E-state index contributed by atoms with van der Waals surface area (Å²) in [4.78, 5) is 19.2. The van der Waals surface area contributed by atoms with Crippen LogP contribution in [0.1, 0.15) is 31.3 Å². The van der Waals surface area contributed by atoms with Crippen molar-refractivity contribution in [2.24, 2.45) is 0 Å². The summed E-state index contributed by atoms with van der Waals surface area (Å²) in [6.07, 6.45) is -0.0740. The molecule has 20 heavy (non-hydrogen) atoms. The van der Waals surface area contributed by atoms with Gasteiger partial charge in [0.25, 0.3) is 0 Å². The molecule has 1 heterocycles. The monoisotopic (exact) mass is 274 g/mol. The van der Waals surface area contributed by atoms with Crippen molar-refractivity contribution in [1.82, 2.24) is 9.97 Å². The number of nitrogens with one attached hydrogen (secondary N) is 1. The summed E-state index contributed by atoms with van der Waals surface area (Å²) in [5.41, 5.74) is 1.14. The molecular weight excluding hydrogens is 256 g/mol. The first-order valence-electron chi connectivity index (χ1n) is 6.61. The second kappa shape index (κ2) is 6.23. The number of aromatic amines is 1. The van der Waals surface area contributed by atoms with Crippen molar-refractivity contribution < 1.29 is 14.3 Å². The van der Waals surface area contributed by atoms with Gasteiger partial charge in [-0.05, 0) is 20.8 Å². The molecule has 1 aromatic heterocycles. The number of carbonyl (C=O) groups excluding carboxylic acids is 1. The minimum atomic E-state index is -0.460. The van der Waals surface area contributed by atoms with Crippen molar-refractivity contribution in [2.45, 2.75) is 26.9 Å². The van der Waals surface area contributed by atoms with Gasteiger partial charge in [-0.1, -0.05) is 30.3 Å². The molecule has 1 aromatic carbocycles. The van der Waals surface area contributed by atoms with Gasteiger partial charge in [-0.25, -0.2) is 4.79 Å². The van der Waals surface area contributed by atoms with Crippen LogP contribution in [0.25, 0.3) is 11.4 Å². The van der Waals surface area contributed by atoms with Crippen molar-refractivity contribution in [1.29, 1.82) is 0 Å². The van der Waals surface area contributed by atoms with Crippen molar-refractivity contribution in [3.8, 4) is 17.3 Å². The molecular formula is C15H18N2O3. The molecule has 0 saturated heterocycles. The van der Waals surface area contributed by atoms with Crippen LogP contribution in [-0.4, -0.2) is 28.6 Å². The zero-order valence-corrected chi connectivity index (χ0v) is 11.8. The van der Waals surface area contributed by atoms with Crippen molar-refractivity contribution in [2.75, 3.05) is 6.61 Å². The van der Waals surface area contributed by atoms with E-state index in [9.17, 15) is 4.79 Å². The van der Waals surface area contributed by atoms with Crippen LogP contribution >= 0.6 is 0 Å². The van der Waals surface area contributed by atoms with Crippen LogP contribution in [0.15, 0.2) is 30.3 Å². The lowest BCUT2D eigenvalue weighted by atomic mass is 10.2. The fourth-order valence-corrected chi connectivity index (χ4v) is 1.74. The second-order valence-electron chi connectivity index (χ2n) is 4.52. The molecule has 1 N–H and O–H groups in total. The summed E-state index contributed by atoms with van der Waals surface area (Å²) in [5, 5.41) is 0. The molecule has 0 radical (unpaired) electrons. The van der Waals surface area contributed by atoms with Crippen LogP contribution in [0.2, 0.25) is 0 Å². The normalized spacial score (nSPS) is 10.6. The minimum Gasteiger partial charge on any atom is -0.473 e. The maximum atomic E-state index is 11.9. The van der Waals surface area contributed by atoms with E-state index < -0.39 is 5.97 Å². The van der Waals surface area contributed by atoms with Crippen LogP contribution < -0.4 is 4.74 Å². The highest BCUT2D eigenvalue weighted by molar-refractivity contribution is 5.90. The molecule has 0 atom stereocenters. The Hall–Kier alpha value is -2.30. The number of esters is 1. The second-order valence-corrected chi connectivity index (χ2v) is 4.52. The molecule has 0 spiro atoms. The molecule has 0 aliphatic rings. The van der Waals surface area contributed by atoms with Gasteiger partial charge in [0.15, 0.2) is 5.69 Å². The molecule has 0 fully saturated rings. The minimum absolute atomic E-state index is 0.0740. The Labute approximate surface area is 117 Å². The summed E-state index contributed by atoms with van der Waals surface area (Å²) in [5.74, 6) is 0.402. The highest BCUT2D eigenvalue weighted by atomic mass is 16.5. The molecule has 0 aliphatic carbocycles. The molecule has 0 aliphatic heterocycles. The Morgan fingerprint density at radius 1 is 1.30 bits per heavy atom. The van der Waals surface area contributed by atoms with Crippen molar-refractivity contribution in [3.63, 3.8) is 0 Å². The summed E-state index contributed by atoms with van der Waals surface area (Å²) in [7, 11) is 0. The summed E-state index contributed by atoms with van der Waals surface area (Å²) < 4.78 is 10.6. The first-order valence-corrected chi connectivity index (χ1v) is 6.61. The number of carbonyl (C=O) groups is 1. The smallest absolute Gasteiger partial charge is 0.360 e. The maximum absolute atomic E-state index is 11.9. The lowest BCUT2D eigenvalue weighted by Gasteiger charge is -2.07. The Morgan fingerprint density at radius 3 is 2.60 bits per heavy atom. The van der Waals surface area contributed by atoms with Gasteiger partial charge >= 0.3 is 5.97 Å². The third-order valence-electron chi connectivity index (χ3n) is 2.54. The standard InChI is InChI=1S/C15H18N2O3/c1-4-19-15(18)12-14(20-10(2)3)17-13(16-12)11-8-6-5-7-9-11/h5-10H,4H2,1-3H3,(H,16,17). The van der Waals surface area contributed by atoms with E-state index >= 15 is 0 Å². The summed E-state index contributed by atoms with van der Waals surface area (Å²) in [6, 6.07) is 9.56. The molecule has 5 nitrogen and oxygen atoms in total. The van der Waals surface area contributed by atoms with E-state index in [1.165, 1.54) is 0 Å². The van der Waals surface area contributed by atoms with Gasteiger partial charge in [0.1, 0.15) is 5.82 Å². The molecule has 0 bridgehead atoms. The Balaban J connectivity index is 2.39. The van der Waals surface area contributed by atoms with Crippen LogP contribution in [-0.2, 0) is 4.74 Å². The predicted molar refractivity (Wildman–Crippen MR) is 75.7 cm³/mol. The van der Waals surface area contributed by atoms with E-state index in [0.29, 0.717) is 12.4 Å². The Bertz CT molecular complexity index is 576. The van der Waals surface area contributed by atoms with Gasteiger partial charge in [-0.2, -0.15) is 4.98 Å². The van der Waals surface area contributed by atoms with Crippen molar-refractivity contribution >= 4 is 5.97 Å². The van der Waals surface area contributed by atoms with Crippen LogP contribution in [0.4, 0.5) is 0 Å². The van der Waals surface area contributed by atoms with E-state index in [4.69, 9.17) is 9.47 Å². The third-order valence-corrected chi connectivity index (χ3v) is 2.54. The van der Waals surface area contributed by atoms with Gasteiger partial charge in [-0.3, -0.25) is 0 Å². The van der Waals surface area contributed by atoms with Gasteiger partial charge in [0, 0.05) is 5.56 Å². The zero-order valence-electron chi connectivity index (χ0n) is 11.8. The number of rotatable bonds is 5. The topological polar surface area (TPSA) is 64.2 Å². The lowest BCUT2D eigenvalue weighted by Crippen LogP contribution is -2.11. The lowest BCUT2D eigenvalue weighted by molar-refractivity contribution is 0.0513. The summed E-state index contributed by atoms with van der Waals surface area (Å²) >= 11 is 0. The van der Waals surface area contributed by atoms with Gasteiger partial charge in [-0.15, -0.1) is 0 Å². The fourth-order valence-electron chi connectivity index (χ4n) is 1.74. The third kappa shape index (κ3) is 3.17. The van der Waals surface area contributed by atoms with Gasteiger partial charge in [0.05, 0.1) is 12.7 Å². The number of H-pyrrole nitrogens is 1. The Kier molecular flexibility index (Phi) is 4.40. The molecule has 0 unspecified atom stereocenters. The highest BCUT2D eigenvalue weighted by Gasteiger charge is 2.21. The first-order chi connectivity index (χ1) is 9.61. The van der Waals surface area contributed by atoms with Crippen LogP contribution in [0, 0.1) is 0 Å². The first kappa shape index (κ1) is 14.1. The van der Waals surface area contributed by atoms with E-state index in [1.54, 1.807) is 6.92 Å². The number of aromatic nitrogens is 2. The predicted octanol–water partition coefficient (Wildman–Crippen LogP) is 3.04. The quantitative estimate of drug-likeness (QED) is 0.851. The van der Waals surface area contributed by atoms with Gasteiger partial charge < -0.3 is 14.5 Å². The number of ether oxygens (including phenoxy) is 2. The molecule has 106 valence electrons. The molecule has 0 saturated carbocycles. The van der Waals surface area contributed by atoms with Crippen molar-refractivity contribution in [3.05, 3.63) is 36.0 Å². The van der Waals surface area contributed by atoms with E-state index in [2.05, 4.69) is 9.97 Å². The maximum Gasteiger partial charge on any atom is 0.360 e. The van der Waals surface area contributed by atoms with Crippen LogP contribution in [0.5, 0.6) is 5.88 Å². The van der Waals surface area contributed by atoms with Crippen LogP contribution in [0.3, 0.4) is 0 Å².